The molecule has 2 aliphatic rings. The van der Waals surface area contributed by atoms with Gasteiger partial charge >= 0.3 is 0 Å². The van der Waals surface area contributed by atoms with Crippen molar-refractivity contribution >= 4 is 0 Å². The minimum Gasteiger partial charge on any atom is -0.314 e. The van der Waals surface area contributed by atoms with E-state index in [4.69, 9.17) is 0 Å². The van der Waals surface area contributed by atoms with Crippen LogP contribution < -0.4 is 5.32 Å². The van der Waals surface area contributed by atoms with Gasteiger partial charge in [-0.3, -0.25) is 0 Å². The molecule has 2 fully saturated rings. The fourth-order valence-corrected chi connectivity index (χ4v) is 4.07. The Labute approximate surface area is 114 Å². The molecule has 0 amide bonds. The Morgan fingerprint density at radius 3 is 2.17 bits per heavy atom. The molecule has 0 heterocycles. The molecule has 0 saturated heterocycles. The first-order valence-corrected chi connectivity index (χ1v) is 8.49. The smallest absolute Gasteiger partial charge is 0.00104 e. The van der Waals surface area contributed by atoms with Crippen molar-refractivity contribution in [1.29, 1.82) is 0 Å². The third-order valence-corrected chi connectivity index (χ3v) is 5.28. The molecule has 1 heteroatoms. The van der Waals surface area contributed by atoms with Gasteiger partial charge in [-0.25, -0.2) is 0 Å². The maximum atomic E-state index is 3.70. The van der Waals surface area contributed by atoms with E-state index in [1.165, 1.54) is 70.8 Å². The van der Waals surface area contributed by atoms with Crippen molar-refractivity contribution in [3.63, 3.8) is 0 Å². The van der Waals surface area contributed by atoms with Crippen LogP contribution in [0.5, 0.6) is 0 Å². The molecule has 1 atom stereocenters. The van der Waals surface area contributed by atoms with Gasteiger partial charge in [0.1, 0.15) is 0 Å². The molecule has 2 rings (SSSR count). The molecule has 0 aliphatic heterocycles. The minimum absolute atomic E-state index is 0.653. The molecule has 18 heavy (non-hydrogen) atoms. The van der Waals surface area contributed by atoms with Gasteiger partial charge in [0.05, 0.1) is 0 Å². The SMILES string of the molecule is CC(C)NCC(CCC1CCCC1)C1CCCC1. The molecule has 0 spiro atoms. The highest BCUT2D eigenvalue weighted by Gasteiger charge is 2.26. The van der Waals surface area contributed by atoms with Crippen LogP contribution >= 0.6 is 0 Å². The molecule has 1 unspecified atom stereocenters. The van der Waals surface area contributed by atoms with Gasteiger partial charge in [0.15, 0.2) is 0 Å². The quantitative estimate of drug-likeness (QED) is 0.688. The topological polar surface area (TPSA) is 12.0 Å². The Morgan fingerprint density at radius 2 is 1.56 bits per heavy atom. The van der Waals surface area contributed by atoms with Crippen molar-refractivity contribution in [3.05, 3.63) is 0 Å². The van der Waals surface area contributed by atoms with Crippen LogP contribution in [0.2, 0.25) is 0 Å². The second-order valence-electron chi connectivity index (χ2n) is 7.10. The first kappa shape index (κ1) is 14.4. The Bertz CT molecular complexity index is 212. The lowest BCUT2D eigenvalue weighted by atomic mass is 9.84. The Morgan fingerprint density at radius 1 is 0.944 bits per heavy atom. The lowest BCUT2D eigenvalue weighted by molar-refractivity contribution is 0.274. The number of rotatable bonds is 7. The largest absolute Gasteiger partial charge is 0.314 e. The standard InChI is InChI=1S/C17H33N/c1-14(2)18-13-17(16-9-5-6-10-16)12-11-15-7-3-4-8-15/h14-18H,3-13H2,1-2H3. The van der Waals surface area contributed by atoms with Crippen molar-refractivity contribution in [2.45, 2.75) is 84.1 Å². The molecule has 0 bridgehead atoms. The molecule has 1 N–H and O–H groups in total. The van der Waals surface area contributed by atoms with Crippen molar-refractivity contribution in [2.75, 3.05) is 6.54 Å². The zero-order valence-electron chi connectivity index (χ0n) is 12.6. The Balaban J connectivity index is 1.74. The number of nitrogens with one attached hydrogen (secondary N) is 1. The first-order chi connectivity index (χ1) is 8.75. The van der Waals surface area contributed by atoms with Crippen LogP contribution in [0.15, 0.2) is 0 Å². The second kappa shape index (κ2) is 7.53. The maximum Gasteiger partial charge on any atom is 0.00104 e. The van der Waals surface area contributed by atoms with E-state index < -0.39 is 0 Å². The zero-order chi connectivity index (χ0) is 12.8. The maximum absolute atomic E-state index is 3.70. The highest BCUT2D eigenvalue weighted by Crippen LogP contribution is 2.36. The van der Waals surface area contributed by atoms with E-state index in [0.717, 1.165) is 17.8 Å². The lowest BCUT2D eigenvalue weighted by Gasteiger charge is -2.26. The van der Waals surface area contributed by atoms with Crippen LogP contribution in [0.3, 0.4) is 0 Å². The van der Waals surface area contributed by atoms with Gasteiger partial charge in [0, 0.05) is 6.04 Å². The van der Waals surface area contributed by atoms with Gasteiger partial charge in [-0.15, -0.1) is 0 Å². The van der Waals surface area contributed by atoms with Crippen molar-refractivity contribution in [3.8, 4) is 0 Å². The average Bonchev–Trinajstić information content (AvgIpc) is 3.01. The molecule has 0 radical (unpaired) electrons. The minimum atomic E-state index is 0.653. The van der Waals surface area contributed by atoms with Crippen molar-refractivity contribution < 1.29 is 0 Å². The molecule has 0 aromatic heterocycles. The molecule has 2 saturated carbocycles. The van der Waals surface area contributed by atoms with Gasteiger partial charge < -0.3 is 5.32 Å². The summed E-state index contributed by atoms with van der Waals surface area (Å²) in [6, 6.07) is 0.653. The monoisotopic (exact) mass is 251 g/mol. The Kier molecular flexibility index (Phi) is 6.01. The van der Waals surface area contributed by atoms with Gasteiger partial charge in [-0.05, 0) is 30.7 Å². The summed E-state index contributed by atoms with van der Waals surface area (Å²) in [5, 5.41) is 3.70. The Hall–Kier alpha value is -0.0400. The highest BCUT2D eigenvalue weighted by molar-refractivity contribution is 4.79. The molecule has 0 aromatic rings. The van der Waals surface area contributed by atoms with E-state index in [1.54, 1.807) is 0 Å². The van der Waals surface area contributed by atoms with Gasteiger partial charge in [-0.2, -0.15) is 0 Å². The third kappa shape index (κ3) is 4.57. The summed E-state index contributed by atoms with van der Waals surface area (Å²) in [5.41, 5.74) is 0. The van der Waals surface area contributed by atoms with Crippen LogP contribution in [0.25, 0.3) is 0 Å². The van der Waals surface area contributed by atoms with Crippen LogP contribution in [0.4, 0.5) is 0 Å². The summed E-state index contributed by atoms with van der Waals surface area (Å²) < 4.78 is 0. The van der Waals surface area contributed by atoms with Gasteiger partial charge in [0.2, 0.25) is 0 Å². The molecule has 0 aromatic carbocycles. The van der Waals surface area contributed by atoms with Crippen LogP contribution in [0.1, 0.15) is 78.1 Å². The van der Waals surface area contributed by atoms with Crippen LogP contribution in [0, 0.1) is 17.8 Å². The van der Waals surface area contributed by atoms with E-state index in [2.05, 4.69) is 19.2 Å². The number of hydrogen-bond donors (Lipinski definition) is 1. The van der Waals surface area contributed by atoms with Crippen molar-refractivity contribution in [2.24, 2.45) is 17.8 Å². The van der Waals surface area contributed by atoms with Gasteiger partial charge in [-0.1, -0.05) is 71.6 Å². The summed E-state index contributed by atoms with van der Waals surface area (Å²) >= 11 is 0. The van der Waals surface area contributed by atoms with Crippen LogP contribution in [-0.4, -0.2) is 12.6 Å². The fraction of sp³-hybridized carbons (Fsp3) is 1.00. The molecule has 2 aliphatic carbocycles. The predicted octanol–water partition coefficient (Wildman–Crippen LogP) is 4.76. The average molecular weight is 251 g/mol. The van der Waals surface area contributed by atoms with E-state index in [9.17, 15) is 0 Å². The summed E-state index contributed by atoms with van der Waals surface area (Å²) in [4.78, 5) is 0. The predicted molar refractivity (Wildman–Crippen MR) is 79.8 cm³/mol. The first-order valence-electron chi connectivity index (χ1n) is 8.49. The van der Waals surface area contributed by atoms with Crippen LogP contribution in [-0.2, 0) is 0 Å². The second-order valence-corrected chi connectivity index (χ2v) is 7.10. The van der Waals surface area contributed by atoms with Crippen molar-refractivity contribution in [1.82, 2.24) is 5.32 Å². The summed E-state index contributed by atoms with van der Waals surface area (Å²) in [6.07, 6.45) is 15.1. The molecule has 106 valence electrons. The lowest BCUT2D eigenvalue weighted by Crippen LogP contribution is -2.32. The molecule has 1 nitrogen and oxygen atoms in total. The van der Waals surface area contributed by atoms with E-state index >= 15 is 0 Å². The number of hydrogen-bond acceptors (Lipinski definition) is 1. The van der Waals surface area contributed by atoms with E-state index in [-0.39, 0.29) is 0 Å². The third-order valence-electron chi connectivity index (χ3n) is 5.28. The van der Waals surface area contributed by atoms with E-state index in [0.29, 0.717) is 6.04 Å². The normalized spacial score (nSPS) is 24.2. The summed E-state index contributed by atoms with van der Waals surface area (Å²) in [5.74, 6) is 3.08. The summed E-state index contributed by atoms with van der Waals surface area (Å²) in [7, 11) is 0. The van der Waals surface area contributed by atoms with Gasteiger partial charge in [0.25, 0.3) is 0 Å². The summed E-state index contributed by atoms with van der Waals surface area (Å²) in [6.45, 7) is 5.83. The molecular weight excluding hydrogens is 218 g/mol. The van der Waals surface area contributed by atoms with E-state index in [1.807, 2.05) is 0 Å². The fourth-order valence-electron chi connectivity index (χ4n) is 4.07. The molecular formula is C17H33N. The zero-order valence-corrected chi connectivity index (χ0v) is 12.6. The highest BCUT2D eigenvalue weighted by atomic mass is 14.9.